The van der Waals surface area contributed by atoms with Gasteiger partial charge < -0.3 is 52.2 Å². The average molecular weight is 897 g/mol. The first-order valence-corrected chi connectivity index (χ1v) is 19.2. The largest absolute Gasteiger partial charge is 0.493 e. The second-order valence-electron chi connectivity index (χ2n) is 13.4. The summed E-state index contributed by atoms with van der Waals surface area (Å²) < 4.78 is 79.5. The van der Waals surface area contributed by atoms with Crippen molar-refractivity contribution in [2.45, 2.75) is 77.1 Å². The minimum absolute atomic E-state index is 0.0298. The van der Waals surface area contributed by atoms with Gasteiger partial charge in [-0.15, -0.1) is 0 Å². The number of halogens is 7. The number of rotatable bonds is 11. The van der Waals surface area contributed by atoms with E-state index >= 15 is 0 Å². The maximum absolute atomic E-state index is 13.2. The van der Waals surface area contributed by atoms with Crippen LogP contribution in [0.25, 0.3) is 11.0 Å². The van der Waals surface area contributed by atoms with Crippen LogP contribution in [0.1, 0.15) is 61.9 Å². The third-order valence-electron chi connectivity index (χ3n) is 9.25. The van der Waals surface area contributed by atoms with E-state index in [0.717, 1.165) is 49.9 Å². The van der Waals surface area contributed by atoms with Gasteiger partial charge in [0.1, 0.15) is 18.3 Å². The highest BCUT2D eigenvalue weighted by Crippen LogP contribution is 2.31. The number of nitrogens with two attached hydrogens (primary N) is 2. The molecular weight excluding hydrogens is 848 g/mol. The smallest absolute Gasteiger partial charge is 0.490 e. The molecule has 25 heteroatoms. The molecule has 0 unspecified atom stereocenters. The Balaban J connectivity index is 0.000000563. The van der Waals surface area contributed by atoms with Crippen molar-refractivity contribution < 1.29 is 64.7 Å². The van der Waals surface area contributed by atoms with Crippen molar-refractivity contribution in [3.05, 3.63) is 47.2 Å². The summed E-state index contributed by atoms with van der Waals surface area (Å²) in [6, 6.07) is 5.85. The fourth-order valence-electron chi connectivity index (χ4n) is 6.31. The van der Waals surface area contributed by atoms with Crippen LogP contribution in [0.3, 0.4) is 0 Å². The summed E-state index contributed by atoms with van der Waals surface area (Å²) in [5, 5.41) is 19.2. The summed E-state index contributed by atoms with van der Waals surface area (Å²) in [6.45, 7) is 10.7. The van der Waals surface area contributed by atoms with Gasteiger partial charge >= 0.3 is 24.4 Å². The molecule has 61 heavy (non-hydrogen) atoms. The van der Waals surface area contributed by atoms with Gasteiger partial charge in [-0.2, -0.15) is 26.3 Å². The van der Waals surface area contributed by atoms with Gasteiger partial charge in [0.05, 0.1) is 13.7 Å². The Kier molecular flexibility index (Phi) is 18.0. The number of nitrogens with zero attached hydrogens (tertiary/aromatic N) is 5. The molecule has 338 valence electrons. The minimum atomic E-state index is -5.08. The number of amides is 4. The van der Waals surface area contributed by atoms with Crippen molar-refractivity contribution >= 4 is 58.1 Å². The van der Waals surface area contributed by atoms with Crippen LogP contribution in [0.2, 0.25) is 5.15 Å². The molecule has 0 spiro atoms. The fourth-order valence-corrected chi connectivity index (χ4v) is 6.43. The molecular formula is C36H49ClF6N11O7+. The molecule has 2 aliphatic rings. The van der Waals surface area contributed by atoms with E-state index in [1.54, 1.807) is 0 Å². The summed E-state index contributed by atoms with van der Waals surface area (Å²) in [4.78, 5) is 57.1. The highest BCUT2D eigenvalue weighted by Gasteiger charge is 2.38. The normalized spacial score (nSPS) is 14.8. The zero-order valence-electron chi connectivity index (χ0n) is 33.5. The summed E-state index contributed by atoms with van der Waals surface area (Å²) in [5.74, 6) is -3.39. The lowest BCUT2D eigenvalue weighted by Gasteiger charge is -2.31. The van der Waals surface area contributed by atoms with Crippen molar-refractivity contribution in [1.82, 2.24) is 40.7 Å². The number of hydrogen-bond donors (Lipinski definition) is 7. The van der Waals surface area contributed by atoms with Gasteiger partial charge in [0.15, 0.2) is 45.9 Å². The number of benzene rings is 1. The van der Waals surface area contributed by atoms with Crippen LogP contribution in [0.4, 0.5) is 42.8 Å². The number of aromatic nitrogens is 4. The van der Waals surface area contributed by atoms with E-state index < -0.39 is 30.0 Å². The first-order chi connectivity index (χ1) is 28.6. The van der Waals surface area contributed by atoms with E-state index in [1.165, 1.54) is 0 Å². The molecule has 1 aromatic carbocycles. The lowest BCUT2D eigenvalue weighted by molar-refractivity contribution is -0.676. The van der Waals surface area contributed by atoms with Gasteiger partial charge in [0.2, 0.25) is 0 Å². The van der Waals surface area contributed by atoms with E-state index in [1.807, 2.05) is 36.9 Å². The SMILES string of the molecule is C=C(OC)C(F)(F)F.CCNC(=O)N1CCC(n2c(CNC(=O)c3nc(Cl)c(N)nc3N)[n+](CC)c3ccc(OCC(=O)NC4CCNCC4)cc32)CC1.O=C(O)C(F)(F)F. The second-order valence-corrected chi connectivity index (χ2v) is 13.7. The number of anilines is 2. The first kappa shape index (κ1) is 49.6. The van der Waals surface area contributed by atoms with Gasteiger partial charge in [0, 0.05) is 44.6 Å². The highest BCUT2D eigenvalue weighted by atomic mass is 35.5. The van der Waals surface area contributed by atoms with E-state index in [4.69, 9.17) is 37.7 Å². The van der Waals surface area contributed by atoms with Gasteiger partial charge in [-0.1, -0.05) is 18.2 Å². The van der Waals surface area contributed by atoms with Crippen LogP contribution >= 0.6 is 11.6 Å². The predicted molar refractivity (Wildman–Crippen MR) is 209 cm³/mol. The molecule has 0 aliphatic carbocycles. The fraction of sp³-hybridized carbons (Fsp3) is 0.528. The lowest BCUT2D eigenvalue weighted by Crippen LogP contribution is -2.45. The van der Waals surface area contributed by atoms with Crippen molar-refractivity contribution in [1.29, 1.82) is 0 Å². The zero-order valence-corrected chi connectivity index (χ0v) is 34.3. The van der Waals surface area contributed by atoms with Crippen LogP contribution in [0.15, 0.2) is 30.5 Å². The number of hydrogen-bond acceptors (Lipinski definition) is 11. The van der Waals surface area contributed by atoms with Gasteiger partial charge in [-0.05, 0) is 51.9 Å². The molecule has 4 heterocycles. The Hall–Kier alpha value is -5.78. The number of likely N-dealkylation sites (tertiary alicyclic amines) is 1. The Labute approximate surface area is 350 Å². The Morgan fingerprint density at radius 1 is 1.00 bits per heavy atom. The van der Waals surface area contributed by atoms with Crippen LogP contribution in [0, 0.1) is 0 Å². The molecule has 2 aliphatic heterocycles. The Bertz CT molecular complexity index is 2020. The molecule has 0 atom stereocenters. The summed E-state index contributed by atoms with van der Waals surface area (Å²) in [7, 11) is 0.926. The van der Waals surface area contributed by atoms with Crippen molar-refractivity contribution in [2.75, 3.05) is 57.9 Å². The molecule has 2 saturated heterocycles. The molecule has 2 aromatic heterocycles. The molecule has 0 radical (unpaired) electrons. The van der Waals surface area contributed by atoms with E-state index in [0.29, 0.717) is 44.8 Å². The van der Waals surface area contributed by atoms with Crippen LogP contribution < -0.4 is 42.0 Å². The molecule has 3 aromatic rings. The summed E-state index contributed by atoms with van der Waals surface area (Å²) in [5.41, 5.74) is 13.4. The number of nitrogens with one attached hydrogen (secondary N) is 4. The molecule has 0 saturated carbocycles. The number of carbonyl (C=O) groups excluding carboxylic acids is 3. The summed E-state index contributed by atoms with van der Waals surface area (Å²) in [6.07, 6.45) is -6.28. The minimum Gasteiger partial charge on any atom is -0.493 e. The number of fused-ring (bicyclic) bond motifs is 1. The monoisotopic (exact) mass is 896 g/mol. The average Bonchev–Trinajstić information content (AvgIpc) is 3.52. The molecule has 5 rings (SSSR count). The van der Waals surface area contributed by atoms with E-state index in [9.17, 15) is 40.7 Å². The number of imidazole rings is 1. The molecule has 4 amide bonds. The number of aryl methyl sites for hydroxylation is 1. The van der Waals surface area contributed by atoms with E-state index in [-0.39, 0.29) is 59.7 Å². The molecule has 18 nitrogen and oxygen atoms in total. The quantitative estimate of drug-likeness (QED) is 0.0832. The number of piperidine rings is 2. The van der Waals surface area contributed by atoms with Gasteiger partial charge in [0.25, 0.3) is 17.6 Å². The first-order valence-electron chi connectivity index (χ1n) is 18.8. The van der Waals surface area contributed by atoms with Crippen molar-refractivity contribution in [3.63, 3.8) is 0 Å². The Morgan fingerprint density at radius 3 is 2.15 bits per heavy atom. The number of methoxy groups -OCH3 is 1. The lowest BCUT2D eigenvalue weighted by atomic mass is 10.0. The second kappa shape index (κ2) is 22.2. The number of carbonyl (C=O) groups is 4. The number of carboxylic acids is 1. The maximum atomic E-state index is 13.2. The number of allylic oxidation sites excluding steroid dienone is 1. The van der Waals surface area contributed by atoms with Gasteiger partial charge in [-0.3, -0.25) is 9.59 Å². The number of ether oxygens (including phenoxy) is 2. The maximum Gasteiger partial charge on any atom is 0.490 e. The van der Waals surface area contributed by atoms with Crippen LogP contribution in [0.5, 0.6) is 5.75 Å². The van der Waals surface area contributed by atoms with Crippen molar-refractivity contribution in [3.8, 4) is 5.75 Å². The molecule has 0 bridgehead atoms. The number of urea groups is 1. The van der Waals surface area contributed by atoms with Crippen LogP contribution in [-0.4, -0.2) is 113 Å². The van der Waals surface area contributed by atoms with Crippen LogP contribution in [-0.2, 0) is 27.4 Å². The Morgan fingerprint density at radius 2 is 1.62 bits per heavy atom. The molecule has 2 fully saturated rings. The highest BCUT2D eigenvalue weighted by molar-refractivity contribution is 6.31. The third kappa shape index (κ3) is 14.2. The van der Waals surface area contributed by atoms with E-state index in [2.05, 4.69) is 51.7 Å². The third-order valence-corrected chi connectivity index (χ3v) is 9.53. The number of aliphatic carboxylic acids is 1. The standard InChI is InChI=1S/C30H42ClN11O4.C4H5F3O.C2HF3O2/c1-3-35-30(45)40-13-9-19(10-14-40)42-22-15-20(46-17-23(43)37-18-7-11-34-12-8-18)5-6-21(22)41(4-2)24(42)16-36-29(44)25-27(32)39-28(33)26(31)38-25;1-3(8-2)4(5,6)7;3-2(4,5)1(6)7/h5-6,15,18-19,34H,3-4,7-14,16-17H2,1-2H3,(H6-,32,33,35,36,37,39,43,44,45);1H2,2H3;(H,6,7)/p+1. The zero-order chi connectivity index (χ0) is 45.7. The summed E-state index contributed by atoms with van der Waals surface area (Å²) >= 11 is 6.02. The topological polar surface area (TPSA) is 245 Å². The van der Waals surface area contributed by atoms with Gasteiger partial charge in [-0.25, -0.2) is 28.7 Å². The number of alkyl halides is 6. The number of carboxylic acid groups (broad SMARTS) is 1. The predicted octanol–water partition coefficient (Wildman–Crippen LogP) is 3.44. The number of nitrogen functional groups attached to an aromatic ring is 2. The van der Waals surface area contributed by atoms with Crippen molar-refractivity contribution in [2.24, 2.45) is 0 Å². The molecule has 9 N–H and O–H groups in total.